The fourth-order valence-corrected chi connectivity index (χ4v) is 3.05. The summed E-state index contributed by atoms with van der Waals surface area (Å²) in [4.78, 5) is 18.7. The lowest BCUT2D eigenvalue weighted by molar-refractivity contribution is 0.414. The van der Waals surface area contributed by atoms with Crippen LogP contribution >= 0.6 is 0 Å². The van der Waals surface area contributed by atoms with Gasteiger partial charge in [-0.2, -0.15) is 0 Å². The molecule has 23 heavy (non-hydrogen) atoms. The average molecular weight is 307 g/mol. The molecule has 1 atom stereocenters. The zero-order valence-corrected chi connectivity index (χ0v) is 12.8. The van der Waals surface area contributed by atoms with Crippen molar-refractivity contribution in [3.05, 3.63) is 66.0 Å². The third kappa shape index (κ3) is 2.52. The first-order valence-corrected chi connectivity index (χ1v) is 7.53. The number of hydrogen-bond acceptors (Lipinski definition) is 5. The highest BCUT2D eigenvalue weighted by molar-refractivity contribution is 5.43. The van der Waals surface area contributed by atoms with Gasteiger partial charge in [-0.1, -0.05) is 12.1 Å². The summed E-state index contributed by atoms with van der Waals surface area (Å²) in [6, 6.07) is 9.97. The van der Waals surface area contributed by atoms with Crippen molar-refractivity contribution in [3.63, 3.8) is 0 Å². The maximum atomic E-state index is 5.36. The summed E-state index contributed by atoms with van der Waals surface area (Å²) in [6.07, 6.45) is 5.30. The molecule has 1 N–H and O–H groups in total. The molecule has 3 heterocycles. The number of methoxy groups -OCH3 is 1. The number of fused-ring (bicyclic) bond motifs is 1. The van der Waals surface area contributed by atoms with Gasteiger partial charge in [0.1, 0.15) is 5.75 Å². The minimum absolute atomic E-state index is 0.156. The third-order valence-corrected chi connectivity index (χ3v) is 4.16. The minimum atomic E-state index is 0.156. The van der Waals surface area contributed by atoms with E-state index in [1.807, 2.05) is 18.2 Å². The Balaban J connectivity index is 1.74. The second kappa shape index (κ2) is 5.72. The number of aromatic nitrogens is 4. The lowest BCUT2D eigenvalue weighted by Gasteiger charge is -2.32. The van der Waals surface area contributed by atoms with Gasteiger partial charge in [-0.25, -0.2) is 15.0 Å². The van der Waals surface area contributed by atoms with E-state index in [-0.39, 0.29) is 5.92 Å². The second-order valence-corrected chi connectivity index (χ2v) is 5.52. The number of nitrogens with one attached hydrogen (secondary N) is 1. The topological polar surface area (TPSA) is 66.9 Å². The molecule has 0 fully saturated rings. The van der Waals surface area contributed by atoms with Crippen molar-refractivity contribution in [3.8, 4) is 5.75 Å². The first-order valence-electron chi connectivity index (χ1n) is 7.53. The van der Waals surface area contributed by atoms with Gasteiger partial charge in [0.2, 0.25) is 5.95 Å². The van der Waals surface area contributed by atoms with Crippen LogP contribution in [0.25, 0.3) is 0 Å². The molecule has 1 unspecified atom stereocenters. The van der Waals surface area contributed by atoms with Crippen molar-refractivity contribution in [1.82, 2.24) is 19.9 Å². The number of benzene rings is 1. The summed E-state index contributed by atoms with van der Waals surface area (Å²) >= 11 is 0. The molecule has 6 heteroatoms. The minimum Gasteiger partial charge on any atom is -0.497 e. The van der Waals surface area contributed by atoms with Crippen LogP contribution in [0.4, 0.5) is 5.95 Å². The SMILES string of the molecule is COc1cccc(C2CN(c3ncccn3)Cc3[nH]cnc32)c1. The molecule has 2 aromatic heterocycles. The van der Waals surface area contributed by atoms with E-state index in [0.717, 1.165) is 36.2 Å². The monoisotopic (exact) mass is 307 g/mol. The number of rotatable bonds is 3. The largest absolute Gasteiger partial charge is 0.497 e. The van der Waals surface area contributed by atoms with E-state index >= 15 is 0 Å². The number of aromatic amines is 1. The van der Waals surface area contributed by atoms with Crippen LogP contribution in [-0.2, 0) is 6.54 Å². The van der Waals surface area contributed by atoms with Crippen LogP contribution in [0.2, 0.25) is 0 Å². The fourth-order valence-electron chi connectivity index (χ4n) is 3.05. The van der Waals surface area contributed by atoms with Crippen molar-refractivity contribution in [2.24, 2.45) is 0 Å². The van der Waals surface area contributed by atoms with Gasteiger partial charge in [-0.3, -0.25) is 0 Å². The van der Waals surface area contributed by atoms with Gasteiger partial charge in [0, 0.05) is 24.9 Å². The Labute approximate surface area is 134 Å². The molecule has 116 valence electrons. The molecule has 1 aliphatic rings. The molecule has 4 rings (SSSR count). The Hall–Kier alpha value is -2.89. The molecule has 6 nitrogen and oxygen atoms in total. The Morgan fingerprint density at radius 1 is 1.17 bits per heavy atom. The summed E-state index contributed by atoms with van der Waals surface area (Å²) in [5.41, 5.74) is 3.38. The van der Waals surface area contributed by atoms with E-state index < -0.39 is 0 Å². The Bertz CT molecular complexity index is 802. The Morgan fingerprint density at radius 3 is 2.87 bits per heavy atom. The van der Waals surface area contributed by atoms with Gasteiger partial charge in [0.25, 0.3) is 0 Å². The molecule has 0 spiro atoms. The lowest BCUT2D eigenvalue weighted by Crippen LogP contribution is -2.35. The number of nitrogens with zero attached hydrogens (tertiary/aromatic N) is 4. The van der Waals surface area contributed by atoms with Crippen molar-refractivity contribution in [2.75, 3.05) is 18.6 Å². The summed E-state index contributed by atoms with van der Waals surface area (Å²) < 4.78 is 5.36. The first kappa shape index (κ1) is 13.8. The zero-order chi connectivity index (χ0) is 15.6. The summed E-state index contributed by atoms with van der Waals surface area (Å²) in [5.74, 6) is 1.75. The summed E-state index contributed by atoms with van der Waals surface area (Å²) in [5, 5.41) is 0. The summed E-state index contributed by atoms with van der Waals surface area (Å²) in [7, 11) is 1.68. The smallest absolute Gasteiger partial charge is 0.225 e. The van der Waals surface area contributed by atoms with Crippen molar-refractivity contribution in [2.45, 2.75) is 12.5 Å². The molecule has 0 bridgehead atoms. The number of hydrogen-bond donors (Lipinski definition) is 1. The highest BCUT2D eigenvalue weighted by Gasteiger charge is 2.30. The number of H-pyrrole nitrogens is 1. The van der Waals surface area contributed by atoms with Crippen LogP contribution < -0.4 is 9.64 Å². The quantitative estimate of drug-likeness (QED) is 0.804. The van der Waals surface area contributed by atoms with Crippen molar-refractivity contribution < 1.29 is 4.74 Å². The normalized spacial score (nSPS) is 16.9. The number of imidazole rings is 1. The molecule has 0 saturated heterocycles. The van der Waals surface area contributed by atoms with Gasteiger partial charge in [-0.05, 0) is 23.8 Å². The zero-order valence-electron chi connectivity index (χ0n) is 12.8. The standard InChI is InChI=1S/C17H17N5O/c1-23-13-5-2-4-12(8-13)14-9-22(17-18-6-3-7-19-17)10-15-16(14)21-11-20-15/h2-8,11,14H,9-10H2,1H3,(H,20,21). The maximum Gasteiger partial charge on any atom is 0.225 e. The van der Waals surface area contributed by atoms with Crippen molar-refractivity contribution in [1.29, 1.82) is 0 Å². The molecular formula is C17H17N5O. The molecule has 0 saturated carbocycles. The van der Waals surface area contributed by atoms with Gasteiger partial charge < -0.3 is 14.6 Å². The lowest BCUT2D eigenvalue weighted by atomic mass is 9.91. The van der Waals surface area contributed by atoms with E-state index in [2.05, 4.69) is 37.0 Å². The molecule has 1 aromatic carbocycles. The summed E-state index contributed by atoms with van der Waals surface area (Å²) in [6.45, 7) is 1.52. The predicted molar refractivity (Wildman–Crippen MR) is 86.5 cm³/mol. The molecular weight excluding hydrogens is 290 g/mol. The molecule has 0 amide bonds. The van der Waals surface area contributed by atoms with Crippen molar-refractivity contribution >= 4 is 5.95 Å². The third-order valence-electron chi connectivity index (χ3n) is 4.16. The van der Waals surface area contributed by atoms with Crippen LogP contribution in [-0.4, -0.2) is 33.6 Å². The number of ether oxygens (including phenoxy) is 1. The van der Waals surface area contributed by atoms with Crippen LogP contribution in [0.15, 0.2) is 49.1 Å². The highest BCUT2D eigenvalue weighted by Crippen LogP contribution is 2.33. The first-order chi connectivity index (χ1) is 11.3. The van der Waals surface area contributed by atoms with Gasteiger partial charge in [-0.15, -0.1) is 0 Å². The van der Waals surface area contributed by atoms with Gasteiger partial charge in [0.15, 0.2) is 0 Å². The van der Waals surface area contributed by atoms with E-state index in [1.165, 1.54) is 5.56 Å². The fraction of sp³-hybridized carbons (Fsp3) is 0.235. The van der Waals surface area contributed by atoms with E-state index in [9.17, 15) is 0 Å². The molecule has 1 aliphatic heterocycles. The second-order valence-electron chi connectivity index (χ2n) is 5.52. The van der Waals surface area contributed by atoms with E-state index in [1.54, 1.807) is 25.8 Å². The molecule has 3 aromatic rings. The Morgan fingerprint density at radius 2 is 2.04 bits per heavy atom. The average Bonchev–Trinajstić information content (AvgIpc) is 3.10. The van der Waals surface area contributed by atoms with Crippen LogP contribution in [0.3, 0.4) is 0 Å². The van der Waals surface area contributed by atoms with Gasteiger partial charge >= 0.3 is 0 Å². The number of anilines is 1. The Kier molecular flexibility index (Phi) is 3.42. The van der Waals surface area contributed by atoms with Crippen LogP contribution in [0.1, 0.15) is 22.9 Å². The maximum absolute atomic E-state index is 5.36. The van der Waals surface area contributed by atoms with E-state index in [0.29, 0.717) is 0 Å². The predicted octanol–water partition coefficient (Wildman–Crippen LogP) is 2.36. The highest BCUT2D eigenvalue weighted by atomic mass is 16.5. The van der Waals surface area contributed by atoms with Crippen LogP contribution in [0.5, 0.6) is 5.75 Å². The van der Waals surface area contributed by atoms with Gasteiger partial charge in [0.05, 0.1) is 31.4 Å². The van der Waals surface area contributed by atoms with Crippen LogP contribution in [0, 0.1) is 0 Å². The van der Waals surface area contributed by atoms with E-state index in [4.69, 9.17) is 4.74 Å². The molecule has 0 aliphatic carbocycles. The molecule has 0 radical (unpaired) electrons.